The van der Waals surface area contributed by atoms with Crippen LogP contribution in [-0.4, -0.2) is 0 Å². The zero-order chi connectivity index (χ0) is 45.9. The molecule has 1 aromatic heterocycles. The number of nitrogens with zero attached hydrogens (tertiary/aromatic N) is 1. The van der Waals surface area contributed by atoms with Gasteiger partial charge in [0.05, 0.1) is 11.1 Å². The minimum absolute atomic E-state index is 0.726. The van der Waals surface area contributed by atoms with Crippen molar-refractivity contribution in [3.05, 3.63) is 271 Å². The summed E-state index contributed by atoms with van der Waals surface area (Å²) in [6.07, 6.45) is 0. The van der Waals surface area contributed by atoms with Crippen LogP contribution in [0.3, 0.4) is 0 Å². The van der Waals surface area contributed by atoms with E-state index in [9.17, 15) is 0 Å². The Hall–Kier alpha value is -9.18. The summed E-state index contributed by atoms with van der Waals surface area (Å²) in [5, 5.41) is 2.23. The fourth-order valence-electron chi connectivity index (χ4n) is 12.2. The van der Waals surface area contributed by atoms with Crippen LogP contribution in [0, 0.1) is 0 Å². The van der Waals surface area contributed by atoms with Crippen molar-refractivity contribution < 1.29 is 9.15 Å². The van der Waals surface area contributed by atoms with E-state index in [-0.39, 0.29) is 0 Å². The second kappa shape index (κ2) is 14.9. The van der Waals surface area contributed by atoms with Crippen LogP contribution in [0.1, 0.15) is 22.3 Å². The summed E-state index contributed by atoms with van der Waals surface area (Å²) in [5.74, 6) is 1.67. The Morgan fingerprint density at radius 1 is 0.286 bits per heavy atom. The molecule has 3 nitrogen and oxygen atoms in total. The van der Waals surface area contributed by atoms with Gasteiger partial charge in [-0.05, 0) is 133 Å². The summed E-state index contributed by atoms with van der Waals surface area (Å²) in [5.41, 5.74) is 23.1. The van der Waals surface area contributed by atoms with E-state index in [4.69, 9.17) is 9.15 Å². The molecule has 11 aromatic carbocycles. The highest BCUT2D eigenvalue weighted by Gasteiger charge is 2.50. The topological polar surface area (TPSA) is 25.6 Å². The largest absolute Gasteiger partial charge is 0.456 e. The number of fused-ring (bicyclic) bond motifs is 20. The molecule has 1 spiro atoms. The maximum Gasteiger partial charge on any atom is 0.136 e. The molecule has 1 atom stereocenters. The van der Waals surface area contributed by atoms with Gasteiger partial charge in [0.2, 0.25) is 0 Å². The van der Waals surface area contributed by atoms with Crippen LogP contribution in [0.25, 0.3) is 88.7 Å². The predicted molar refractivity (Wildman–Crippen MR) is 287 cm³/mol. The van der Waals surface area contributed by atoms with Gasteiger partial charge in [-0.25, -0.2) is 0 Å². The van der Waals surface area contributed by atoms with Gasteiger partial charge in [-0.3, -0.25) is 0 Å². The molecular formula is C67H41NO2. The molecule has 3 aliphatic rings. The predicted octanol–water partition coefficient (Wildman–Crippen LogP) is 18.2. The van der Waals surface area contributed by atoms with Crippen molar-refractivity contribution >= 4 is 39.0 Å². The molecule has 70 heavy (non-hydrogen) atoms. The molecule has 2 aliphatic carbocycles. The molecule has 326 valence electrons. The zero-order valence-electron chi connectivity index (χ0n) is 37.9. The normalized spacial score (nSPS) is 14.5. The van der Waals surface area contributed by atoms with Crippen molar-refractivity contribution in [2.45, 2.75) is 5.41 Å². The van der Waals surface area contributed by atoms with Crippen LogP contribution in [0.4, 0.5) is 17.1 Å². The monoisotopic (exact) mass is 891 g/mol. The Morgan fingerprint density at radius 2 is 0.800 bits per heavy atom. The molecule has 0 fully saturated rings. The SMILES string of the molecule is c1ccc(-c2ccccc2N(c2ccc3c(c2)-c2ccccc2-c2ccccc2O3)c2ccc3c(c2)C2(c4ccccc4-c4ccccc4-3)c3ccccc3-c3cc4oc5ccccc5c4cc32)cc1. The second-order valence-corrected chi connectivity index (χ2v) is 18.7. The third-order valence-electron chi connectivity index (χ3n) is 15.1. The zero-order valence-corrected chi connectivity index (χ0v) is 37.9. The summed E-state index contributed by atoms with van der Waals surface area (Å²) < 4.78 is 13.5. The van der Waals surface area contributed by atoms with Gasteiger partial charge in [-0.2, -0.15) is 0 Å². The summed E-state index contributed by atoms with van der Waals surface area (Å²) in [6, 6.07) is 90.9. The molecule has 0 N–H and O–H groups in total. The van der Waals surface area contributed by atoms with Crippen LogP contribution < -0.4 is 9.64 Å². The van der Waals surface area contributed by atoms with Crippen LogP contribution in [0.15, 0.2) is 253 Å². The molecule has 0 radical (unpaired) electrons. The number of para-hydroxylation sites is 3. The number of rotatable bonds is 4. The van der Waals surface area contributed by atoms with Gasteiger partial charge in [0.15, 0.2) is 0 Å². The first-order valence-corrected chi connectivity index (χ1v) is 24.1. The average Bonchev–Trinajstić information content (AvgIpc) is 3.86. The lowest BCUT2D eigenvalue weighted by Gasteiger charge is -2.37. The number of ether oxygens (including phenoxy) is 1. The number of furan rings is 1. The molecule has 2 heterocycles. The van der Waals surface area contributed by atoms with Gasteiger partial charge < -0.3 is 14.1 Å². The van der Waals surface area contributed by atoms with Gasteiger partial charge in [-0.15, -0.1) is 0 Å². The number of anilines is 3. The quantitative estimate of drug-likeness (QED) is 0.176. The van der Waals surface area contributed by atoms with Gasteiger partial charge in [0.25, 0.3) is 0 Å². The van der Waals surface area contributed by atoms with E-state index < -0.39 is 5.41 Å². The maximum absolute atomic E-state index is 6.84. The Balaban J connectivity index is 1.06. The van der Waals surface area contributed by atoms with E-state index in [1.807, 2.05) is 6.07 Å². The molecule has 15 rings (SSSR count). The molecule has 12 aromatic rings. The molecule has 0 bridgehead atoms. The Labute approximate surface area is 405 Å². The minimum Gasteiger partial charge on any atom is -0.456 e. The van der Waals surface area contributed by atoms with Gasteiger partial charge in [0.1, 0.15) is 22.7 Å². The first-order chi connectivity index (χ1) is 34.7. The fourth-order valence-corrected chi connectivity index (χ4v) is 12.2. The third-order valence-corrected chi connectivity index (χ3v) is 15.1. The van der Waals surface area contributed by atoms with Crippen molar-refractivity contribution in [3.8, 4) is 78.3 Å². The Morgan fingerprint density at radius 3 is 1.56 bits per heavy atom. The maximum atomic E-state index is 6.84. The smallest absolute Gasteiger partial charge is 0.136 e. The van der Waals surface area contributed by atoms with E-state index in [1.165, 1.54) is 55.6 Å². The van der Waals surface area contributed by atoms with Crippen LogP contribution in [0.2, 0.25) is 0 Å². The minimum atomic E-state index is -0.726. The van der Waals surface area contributed by atoms with E-state index >= 15 is 0 Å². The number of hydrogen-bond acceptors (Lipinski definition) is 3. The lowest BCUT2D eigenvalue weighted by atomic mass is 9.65. The summed E-state index contributed by atoms with van der Waals surface area (Å²) in [6.45, 7) is 0. The molecule has 0 saturated heterocycles. The fraction of sp³-hybridized carbons (Fsp3) is 0.0149. The van der Waals surface area contributed by atoms with Gasteiger partial charge in [-0.1, -0.05) is 188 Å². The number of benzene rings is 11. The molecule has 3 heteroatoms. The molecule has 0 saturated carbocycles. The summed E-state index contributed by atoms with van der Waals surface area (Å²) >= 11 is 0. The van der Waals surface area contributed by atoms with Crippen molar-refractivity contribution in [2.75, 3.05) is 4.90 Å². The van der Waals surface area contributed by atoms with E-state index in [2.05, 4.69) is 248 Å². The van der Waals surface area contributed by atoms with E-state index in [1.54, 1.807) is 0 Å². The highest BCUT2D eigenvalue weighted by molar-refractivity contribution is 6.09. The Bertz CT molecular complexity index is 4130. The molecule has 1 unspecified atom stereocenters. The van der Waals surface area contributed by atoms with Crippen LogP contribution in [-0.2, 0) is 5.41 Å². The van der Waals surface area contributed by atoms with Crippen molar-refractivity contribution in [2.24, 2.45) is 0 Å². The van der Waals surface area contributed by atoms with Gasteiger partial charge in [0, 0.05) is 38.8 Å². The van der Waals surface area contributed by atoms with Crippen LogP contribution in [0.5, 0.6) is 11.5 Å². The second-order valence-electron chi connectivity index (χ2n) is 18.7. The lowest BCUT2D eigenvalue weighted by Crippen LogP contribution is -2.29. The standard InChI is InChI=1S/C67H41NO2/c1-2-18-42(19-3-1)45-20-10-15-31-62(45)68(43-35-37-65-56(38-43)49-24-7-6-23-48(49)53-27-11-16-32-63(53)69-65)44-34-36-52-47-22-5-4-21-46(47)50-25-8-13-29-58(50)67(60(52)39-44)59-30-14-9-26-51(59)55-41-66-57(40-61(55)67)54-28-12-17-33-64(54)70-66/h1-41H. The first-order valence-electron chi connectivity index (χ1n) is 24.1. The van der Waals surface area contributed by atoms with Crippen molar-refractivity contribution in [3.63, 3.8) is 0 Å². The highest BCUT2D eigenvalue weighted by atomic mass is 16.5. The Kier molecular flexibility index (Phi) is 8.28. The molecule has 0 amide bonds. The van der Waals surface area contributed by atoms with E-state index in [0.717, 1.165) is 83.9 Å². The summed E-state index contributed by atoms with van der Waals surface area (Å²) in [4.78, 5) is 2.47. The average molecular weight is 892 g/mol. The lowest BCUT2D eigenvalue weighted by molar-refractivity contribution is 0.488. The van der Waals surface area contributed by atoms with Gasteiger partial charge >= 0.3 is 0 Å². The van der Waals surface area contributed by atoms with Crippen molar-refractivity contribution in [1.29, 1.82) is 0 Å². The molecular weight excluding hydrogens is 851 g/mol. The van der Waals surface area contributed by atoms with Crippen molar-refractivity contribution in [1.82, 2.24) is 0 Å². The third kappa shape index (κ3) is 5.46. The van der Waals surface area contributed by atoms with E-state index in [0.29, 0.717) is 0 Å². The molecule has 1 aliphatic heterocycles. The summed E-state index contributed by atoms with van der Waals surface area (Å²) in [7, 11) is 0. The highest BCUT2D eigenvalue weighted by Crippen LogP contribution is 2.63. The number of hydrogen-bond donors (Lipinski definition) is 0. The first kappa shape index (κ1) is 38.9. The van der Waals surface area contributed by atoms with Crippen LogP contribution >= 0.6 is 0 Å².